The van der Waals surface area contributed by atoms with Crippen molar-refractivity contribution >= 4 is 16.9 Å². The summed E-state index contributed by atoms with van der Waals surface area (Å²) in [5.74, 6) is 1.16. The molecule has 0 saturated carbocycles. The van der Waals surface area contributed by atoms with Crippen LogP contribution in [0.2, 0.25) is 0 Å². The molecule has 3 aromatic carbocycles. The average Bonchev–Trinajstić information content (AvgIpc) is 3.44. The summed E-state index contributed by atoms with van der Waals surface area (Å²) in [6.07, 6.45) is 1.87. The number of hydrogen-bond acceptors (Lipinski definition) is 4. The van der Waals surface area contributed by atoms with E-state index in [9.17, 15) is 9.59 Å². The summed E-state index contributed by atoms with van der Waals surface area (Å²) in [5.41, 5.74) is 3.12. The Hall–Kier alpha value is -4.85. The Morgan fingerprint density at radius 2 is 1.57 bits per heavy atom. The molecule has 0 fully saturated rings. The van der Waals surface area contributed by atoms with Gasteiger partial charge in [-0.05, 0) is 17.7 Å². The highest BCUT2D eigenvalue weighted by Crippen LogP contribution is 2.32. The van der Waals surface area contributed by atoms with Gasteiger partial charge in [0, 0.05) is 11.8 Å². The number of ether oxygens (including phenoxy) is 1. The number of H-pyrrole nitrogens is 1. The first-order valence-corrected chi connectivity index (χ1v) is 11.1. The molecule has 3 heterocycles. The smallest absolute Gasteiger partial charge is 0.330 e. The maximum atomic E-state index is 13.0. The number of benzene rings is 3. The lowest BCUT2D eigenvalue weighted by Crippen LogP contribution is -2.31. The van der Waals surface area contributed by atoms with Crippen LogP contribution in [0.25, 0.3) is 33.9 Å². The van der Waals surface area contributed by atoms with Crippen molar-refractivity contribution in [2.75, 3.05) is 7.11 Å². The predicted molar refractivity (Wildman–Crippen MR) is 134 cm³/mol. The summed E-state index contributed by atoms with van der Waals surface area (Å²) in [6, 6.07) is 27.1. The number of methoxy groups -OCH3 is 1. The van der Waals surface area contributed by atoms with Crippen LogP contribution in [-0.4, -0.2) is 30.6 Å². The van der Waals surface area contributed by atoms with Crippen LogP contribution in [0.5, 0.6) is 5.75 Å². The molecule has 1 N–H and O–H groups in total. The summed E-state index contributed by atoms with van der Waals surface area (Å²) in [5, 5.41) is 0. The molecule has 0 bridgehead atoms. The first-order chi connectivity index (χ1) is 17.2. The molecule has 35 heavy (non-hydrogen) atoms. The molecule has 0 saturated heterocycles. The lowest BCUT2D eigenvalue weighted by atomic mass is 10.1. The molecular weight excluding hydrogens is 442 g/mol. The number of nitrogens with one attached hydrogen (secondary N) is 1. The van der Waals surface area contributed by atoms with Crippen molar-refractivity contribution in [3.8, 4) is 22.7 Å². The second-order valence-electron chi connectivity index (χ2n) is 8.17. The molecule has 172 valence electrons. The third kappa shape index (κ3) is 3.34. The van der Waals surface area contributed by atoms with E-state index in [4.69, 9.17) is 9.72 Å². The minimum Gasteiger partial charge on any atom is -0.495 e. The number of hydrogen-bond donors (Lipinski definition) is 1. The summed E-state index contributed by atoms with van der Waals surface area (Å²) in [7, 11) is 1.62. The van der Waals surface area contributed by atoms with Crippen LogP contribution < -0.4 is 16.0 Å². The Balaban J connectivity index is 1.71. The fourth-order valence-corrected chi connectivity index (χ4v) is 4.47. The second-order valence-corrected chi connectivity index (χ2v) is 8.17. The predicted octanol–water partition coefficient (Wildman–Crippen LogP) is 3.85. The van der Waals surface area contributed by atoms with E-state index >= 15 is 0 Å². The van der Waals surface area contributed by atoms with E-state index in [1.54, 1.807) is 11.5 Å². The van der Waals surface area contributed by atoms with Gasteiger partial charge in [-0.15, -0.1) is 0 Å². The minimum atomic E-state index is -0.501. The molecule has 0 unspecified atom stereocenters. The van der Waals surface area contributed by atoms with E-state index < -0.39 is 11.2 Å². The molecule has 6 aromatic rings. The highest BCUT2D eigenvalue weighted by atomic mass is 16.5. The SMILES string of the molecule is COc1ccccc1-n1c(-c2ccccc2)cn2c3c(=O)[nH]c(=O)n(Cc4ccccc4)c3nc12. The molecule has 0 aliphatic carbocycles. The van der Waals surface area contributed by atoms with Gasteiger partial charge >= 0.3 is 5.69 Å². The van der Waals surface area contributed by atoms with Crippen molar-refractivity contribution in [3.63, 3.8) is 0 Å². The molecule has 0 radical (unpaired) electrons. The van der Waals surface area contributed by atoms with Crippen LogP contribution in [0.1, 0.15) is 5.56 Å². The van der Waals surface area contributed by atoms with E-state index in [2.05, 4.69) is 4.98 Å². The fourth-order valence-electron chi connectivity index (χ4n) is 4.47. The zero-order valence-electron chi connectivity index (χ0n) is 18.9. The summed E-state index contributed by atoms with van der Waals surface area (Å²) in [4.78, 5) is 33.2. The Labute approximate surface area is 199 Å². The number of aromatic nitrogens is 5. The maximum Gasteiger partial charge on any atom is 0.330 e. The van der Waals surface area contributed by atoms with Gasteiger partial charge in [-0.25, -0.2) is 4.79 Å². The van der Waals surface area contributed by atoms with Crippen molar-refractivity contribution in [2.24, 2.45) is 0 Å². The Bertz CT molecular complexity index is 1790. The zero-order chi connectivity index (χ0) is 23.9. The minimum absolute atomic E-state index is 0.285. The number of para-hydroxylation sites is 2. The van der Waals surface area contributed by atoms with E-state index in [0.29, 0.717) is 22.7 Å². The molecular formula is C27H21N5O3. The molecule has 8 nitrogen and oxygen atoms in total. The van der Waals surface area contributed by atoms with Crippen LogP contribution in [0, 0.1) is 0 Å². The van der Waals surface area contributed by atoms with Gasteiger partial charge in [0.05, 0.1) is 25.0 Å². The highest BCUT2D eigenvalue weighted by Gasteiger charge is 2.22. The summed E-state index contributed by atoms with van der Waals surface area (Å²) >= 11 is 0. The fraction of sp³-hybridized carbons (Fsp3) is 0.0741. The molecule has 0 atom stereocenters. The molecule has 0 aliphatic heterocycles. The van der Waals surface area contributed by atoms with Crippen molar-refractivity contribution < 1.29 is 4.74 Å². The maximum absolute atomic E-state index is 13.0. The van der Waals surface area contributed by atoms with Crippen LogP contribution in [0.3, 0.4) is 0 Å². The third-order valence-electron chi connectivity index (χ3n) is 6.08. The van der Waals surface area contributed by atoms with E-state index in [0.717, 1.165) is 22.5 Å². The van der Waals surface area contributed by atoms with Crippen molar-refractivity contribution in [1.82, 2.24) is 23.5 Å². The quantitative estimate of drug-likeness (QED) is 0.421. The number of imidazole rings is 2. The lowest BCUT2D eigenvalue weighted by molar-refractivity contribution is 0.413. The monoisotopic (exact) mass is 463 g/mol. The second kappa shape index (κ2) is 8.18. The van der Waals surface area contributed by atoms with Crippen LogP contribution >= 0.6 is 0 Å². The number of fused-ring (bicyclic) bond motifs is 3. The van der Waals surface area contributed by atoms with Crippen molar-refractivity contribution in [3.05, 3.63) is 118 Å². The van der Waals surface area contributed by atoms with Gasteiger partial charge < -0.3 is 4.74 Å². The number of aromatic amines is 1. The first kappa shape index (κ1) is 20.7. The summed E-state index contributed by atoms with van der Waals surface area (Å²) in [6.45, 7) is 0.285. The number of nitrogens with zero attached hydrogens (tertiary/aromatic N) is 4. The molecule has 0 spiro atoms. The Kier molecular flexibility index (Phi) is 4.84. The van der Waals surface area contributed by atoms with Gasteiger partial charge in [0.15, 0.2) is 11.2 Å². The molecule has 6 rings (SSSR count). The zero-order valence-corrected chi connectivity index (χ0v) is 18.9. The highest BCUT2D eigenvalue weighted by molar-refractivity contribution is 5.80. The molecule has 3 aromatic heterocycles. The van der Waals surface area contributed by atoms with Crippen molar-refractivity contribution in [1.29, 1.82) is 0 Å². The standard InChI is InChI=1S/C27H21N5O3/c1-35-22-15-9-8-14-20(22)32-21(19-12-6-3-7-13-19)17-30-23-24(28-26(30)32)31(27(34)29-25(23)33)16-18-10-4-2-5-11-18/h2-15,17H,16H2,1H3,(H,29,33,34). The van der Waals surface area contributed by atoms with E-state index in [1.165, 1.54) is 4.57 Å². The lowest BCUT2D eigenvalue weighted by Gasteiger charge is -2.13. The summed E-state index contributed by atoms with van der Waals surface area (Å²) < 4.78 is 10.8. The van der Waals surface area contributed by atoms with Crippen LogP contribution in [0.4, 0.5) is 0 Å². The average molecular weight is 463 g/mol. The van der Waals surface area contributed by atoms with E-state index in [1.807, 2.05) is 95.7 Å². The van der Waals surface area contributed by atoms with Crippen LogP contribution in [-0.2, 0) is 6.54 Å². The third-order valence-corrected chi connectivity index (χ3v) is 6.08. The van der Waals surface area contributed by atoms with Crippen molar-refractivity contribution in [2.45, 2.75) is 6.54 Å². The molecule has 0 amide bonds. The largest absolute Gasteiger partial charge is 0.495 e. The number of rotatable bonds is 5. The normalized spacial score (nSPS) is 11.3. The first-order valence-electron chi connectivity index (χ1n) is 11.1. The molecule has 0 aliphatic rings. The van der Waals surface area contributed by atoms with Gasteiger partial charge in [-0.2, -0.15) is 4.98 Å². The van der Waals surface area contributed by atoms with Crippen LogP contribution in [0.15, 0.2) is 101 Å². The molecule has 8 heteroatoms. The van der Waals surface area contributed by atoms with Gasteiger partial charge in [0.25, 0.3) is 5.56 Å². The Morgan fingerprint density at radius 3 is 2.31 bits per heavy atom. The van der Waals surface area contributed by atoms with Gasteiger partial charge in [0.2, 0.25) is 5.78 Å². The van der Waals surface area contributed by atoms with Gasteiger partial charge in [-0.3, -0.25) is 23.3 Å². The van der Waals surface area contributed by atoms with E-state index in [-0.39, 0.29) is 6.54 Å². The van der Waals surface area contributed by atoms with Gasteiger partial charge in [-0.1, -0.05) is 72.8 Å². The van der Waals surface area contributed by atoms with Gasteiger partial charge in [0.1, 0.15) is 5.75 Å². The topological polar surface area (TPSA) is 86.3 Å². The Morgan fingerprint density at radius 1 is 0.886 bits per heavy atom.